The number of esters is 1. The minimum Gasteiger partial charge on any atom is -0.465 e. The molecule has 5 rings (SSSR count). The summed E-state index contributed by atoms with van der Waals surface area (Å²) >= 11 is 13.7. The number of methoxy groups -OCH3 is 1. The summed E-state index contributed by atoms with van der Waals surface area (Å²) in [6, 6.07) is 21.1. The molecule has 0 aliphatic heterocycles. The number of nitrogens with zero attached hydrogens (tertiary/aromatic N) is 3. The van der Waals surface area contributed by atoms with Crippen LogP contribution in [0.4, 0.5) is 0 Å². The van der Waals surface area contributed by atoms with Crippen LogP contribution in [-0.4, -0.2) is 22.6 Å². The van der Waals surface area contributed by atoms with Crippen LogP contribution in [0.15, 0.2) is 60.7 Å². The van der Waals surface area contributed by atoms with Gasteiger partial charge >= 0.3 is 5.97 Å². The second kappa shape index (κ2) is 11.3. The van der Waals surface area contributed by atoms with E-state index in [1.54, 1.807) is 6.07 Å². The lowest BCUT2D eigenvalue weighted by Gasteiger charge is -2.06. The van der Waals surface area contributed by atoms with Gasteiger partial charge in [0.2, 0.25) is 0 Å². The van der Waals surface area contributed by atoms with Crippen LogP contribution in [0.2, 0.25) is 10.0 Å². The molecule has 8 heteroatoms. The van der Waals surface area contributed by atoms with E-state index < -0.39 is 5.97 Å². The van der Waals surface area contributed by atoms with Gasteiger partial charge < -0.3 is 9.30 Å². The van der Waals surface area contributed by atoms with Gasteiger partial charge in [-0.15, -0.1) is 11.3 Å². The number of thiazole rings is 1. The zero-order chi connectivity index (χ0) is 26.6. The fourth-order valence-electron chi connectivity index (χ4n) is 4.45. The Balaban J connectivity index is 1.65. The predicted molar refractivity (Wildman–Crippen MR) is 153 cm³/mol. The molecule has 188 valence electrons. The third-order valence-electron chi connectivity index (χ3n) is 6.25. The van der Waals surface area contributed by atoms with E-state index in [-0.39, 0.29) is 0 Å². The standard InChI is InChI=1S/C30H21Cl2N3O2S/c1-37-30(36)20-6-11-27-24(17-20)23(10-5-19-3-7-21(31)8-4-19)26(35(27)16-2-15-33)12-14-29-34-25-18-22(32)9-13-28(25)38-29/h3-4,6-9,11,13,17-18H,2,5,10,16H2,1H3. The number of ether oxygens (including phenoxy) is 1. The molecule has 3 aromatic carbocycles. The molecule has 0 N–H and O–H groups in total. The third kappa shape index (κ3) is 5.39. The van der Waals surface area contributed by atoms with Crippen LogP contribution in [0.1, 0.15) is 38.6 Å². The summed E-state index contributed by atoms with van der Waals surface area (Å²) in [5.41, 5.74) is 5.15. The molecular weight excluding hydrogens is 537 g/mol. The maximum absolute atomic E-state index is 12.3. The van der Waals surface area contributed by atoms with Gasteiger partial charge in [0.05, 0.1) is 41.1 Å². The molecule has 5 nitrogen and oxygen atoms in total. The van der Waals surface area contributed by atoms with E-state index in [1.807, 2.05) is 54.6 Å². The molecule has 38 heavy (non-hydrogen) atoms. The highest BCUT2D eigenvalue weighted by Crippen LogP contribution is 2.30. The van der Waals surface area contributed by atoms with Crippen LogP contribution in [0.3, 0.4) is 0 Å². The first-order valence-corrected chi connectivity index (χ1v) is 13.5. The molecule has 0 spiro atoms. The Morgan fingerprint density at radius 2 is 1.82 bits per heavy atom. The number of hydrogen-bond donors (Lipinski definition) is 0. The summed E-state index contributed by atoms with van der Waals surface area (Å²) < 4.78 is 8.04. The minimum atomic E-state index is -0.402. The molecule has 0 bridgehead atoms. The Kier molecular flexibility index (Phi) is 7.67. The first-order chi connectivity index (χ1) is 18.5. The number of hydrogen-bond acceptors (Lipinski definition) is 5. The van der Waals surface area contributed by atoms with Crippen molar-refractivity contribution in [1.29, 1.82) is 5.26 Å². The lowest BCUT2D eigenvalue weighted by molar-refractivity contribution is 0.0601. The molecule has 2 heterocycles. The monoisotopic (exact) mass is 557 g/mol. The van der Waals surface area contributed by atoms with Crippen molar-refractivity contribution < 1.29 is 9.53 Å². The van der Waals surface area contributed by atoms with Gasteiger partial charge in [0.1, 0.15) is 0 Å². The Labute approximate surface area is 234 Å². The molecule has 0 radical (unpaired) electrons. The van der Waals surface area contributed by atoms with E-state index >= 15 is 0 Å². The van der Waals surface area contributed by atoms with Gasteiger partial charge in [-0.05, 0) is 84.3 Å². The Morgan fingerprint density at radius 1 is 1.03 bits per heavy atom. The van der Waals surface area contributed by atoms with Crippen LogP contribution < -0.4 is 0 Å². The number of nitriles is 1. The first-order valence-electron chi connectivity index (χ1n) is 11.9. The van der Waals surface area contributed by atoms with Crippen LogP contribution in [0.25, 0.3) is 21.1 Å². The van der Waals surface area contributed by atoms with Crippen molar-refractivity contribution in [3.63, 3.8) is 0 Å². The lowest BCUT2D eigenvalue weighted by Crippen LogP contribution is -2.02. The van der Waals surface area contributed by atoms with Crippen molar-refractivity contribution in [2.75, 3.05) is 7.11 Å². The topological polar surface area (TPSA) is 67.9 Å². The van der Waals surface area contributed by atoms with Gasteiger partial charge in [-0.3, -0.25) is 0 Å². The summed E-state index contributed by atoms with van der Waals surface area (Å²) in [4.78, 5) is 17.0. The van der Waals surface area contributed by atoms with E-state index in [0.717, 1.165) is 44.4 Å². The second-order valence-electron chi connectivity index (χ2n) is 8.62. The van der Waals surface area contributed by atoms with E-state index in [4.69, 9.17) is 27.9 Å². The SMILES string of the molecule is COC(=O)c1ccc2c(c1)c(CCc1ccc(Cl)cc1)c(C#Cc1nc3cc(Cl)ccc3s1)n2CCC#N. The van der Waals surface area contributed by atoms with Crippen molar-refractivity contribution in [1.82, 2.24) is 9.55 Å². The highest BCUT2D eigenvalue weighted by atomic mass is 35.5. The van der Waals surface area contributed by atoms with Crippen molar-refractivity contribution in [3.05, 3.63) is 98.1 Å². The molecule has 0 aliphatic carbocycles. The maximum Gasteiger partial charge on any atom is 0.337 e. The van der Waals surface area contributed by atoms with E-state index in [0.29, 0.717) is 40.0 Å². The zero-order valence-electron chi connectivity index (χ0n) is 20.4. The second-order valence-corrected chi connectivity index (χ2v) is 10.5. The molecule has 5 aromatic rings. The molecule has 0 amide bonds. The summed E-state index contributed by atoms with van der Waals surface area (Å²) in [6.07, 6.45) is 1.76. The molecule has 0 unspecified atom stereocenters. The van der Waals surface area contributed by atoms with Crippen molar-refractivity contribution in [2.45, 2.75) is 25.8 Å². The molecule has 0 atom stereocenters. The average molecular weight is 558 g/mol. The molecule has 0 fully saturated rings. The molecular formula is C30H21Cl2N3O2S. The predicted octanol–water partition coefficient (Wildman–Crippen LogP) is 7.44. The van der Waals surface area contributed by atoms with Crippen molar-refractivity contribution >= 4 is 61.6 Å². The molecule has 0 saturated heterocycles. The molecule has 2 aromatic heterocycles. The van der Waals surface area contributed by atoms with Crippen LogP contribution >= 0.6 is 34.5 Å². The summed E-state index contributed by atoms with van der Waals surface area (Å²) in [6.45, 7) is 0.477. The largest absolute Gasteiger partial charge is 0.465 e. The van der Waals surface area contributed by atoms with Gasteiger partial charge in [-0.25, -0.2) is 9.78 Å². The highest BCUT2D eigenvalue weighted by Gasteiger charge is 2.18. The number of carbonyl (C=O) groups is 1. The minimum absolute atomic E-state index is 0.327. The lowest BCUT2D eigenvalue weighted by atomic mass is 10.0. The number of carbonyl (C=O) groups excluding carboxylic acids is 1. The Morgan fingerprint density at radius 3 is 2.58 bits per heavy atom. The first kappa shape index (κ1) is 25.8. The van der Waals surface area contributed by atoms with Gasteiger partial charge in [0.25, 0.3) is 0 Å². The van der Waals surface area contributed by atoms with Crippen LogP contribution in [-0.2, 0) is 24.1 Å². The van der Waals surface area contributed by atoms with Gasteiger partial charge in [0.15, 0.2) is 5.01 Å². The summed E-state index contributed by atoms with van der Waals surface area (Å²) in [5, 5.41) is 12.3. The number of aryl methyl sites for hydroxylation is 3. The summed E-state index contributed by atoms with van der Waals surface area (Å²) in [7, 11) is 1.37. The number of aromatic nitrogens is 2. The van der Waals surface area contributed by atoms with Gasteiger partial charge in [-0.1, -0.05) is 35.3 Å². The number of benzene rings is 3. The van der Waals surface area contributed by atoms with Crippen LogP contribution in [0.5, 0.6) is 0 Å². The van der Waals surface area contributed by atoms with Crippen molar-refractivity contribution in [2.24, 2.45) is 0 Å². The van der Waals surface area contributed by atoms with E-state index in [2.05, 4.69) is 27.5 Å². The smallest absolute Gasteiger partial charge is 0.337 e. The normalized spacial score (nSPS) is 10.8. The fourth-order valence-corrected chi connectivity index (χ4v) is 5.54. The maximum atomic E-state index is 12.3. The number of fused-ring (bicyclic) bond motifs is 2. The van der Waals surface area contributed by atoms with Gasteiger partial charge in [0, 0.05) is 27.5 Å². The zero-order valence-corrected chi connectivity index (χ0v) is 22.8. The fraction of sp³-hybridized carbons (Fsp3) is 0.167. The highest BCUT2D eigenvalue weighted by molar-refractivity contribution is 7.19. The molecule has 0 aliphatic rings. The number of halogens is 2. The quantitative estimate of drug-likeness (QED) is 0.160. The van der Waals surface area contributed by atoms with E-state index in [1.165, 1.54) is 18.4 Å². The van der Waals surface area contributed by atoms with Gasteiger partial charge in [-0.2, -0.15) is 5.26 Å². The number of rotatable bonds is 6. The average Bonchev–Trinajstić information content (AvgIpc) is 3.46. The third-order valence-corrected chi connectivity index (χ3v) is 7.69. The van der Waals surface area contributed by atoms with Crippen LogP contribution in [0, 0.1) is 23.2 Å². The summed E-state index contributed by atoms with van der Waals surface area (Å²) in [5.74, 6) is 6.20. The van der Waals surface area contributed by atoms with Crippen molar-refractivity contribution in [3.8, 4) is 17.9 Å². The Bertz CT molecular complexity index is 1770. The molecule has 0 saturated carbocycles. The Hall–Kier alpha value is -3.81. The van der Waals surface area contributed by atoms with E-state index in [9.17, 15) is 10.1 Å².